The largest absolute Gasteiger partial charge is 0.390 e. The van der Waals surface area contributed by atoms with Crippen molar-refractivity contribution < 1.29 is 5.11 Å². The minimum absolute atomic E-state index is 0.358. The van der Waals surface area contributed by atoms with Crippen LogP contribution in [-0.2, 0) is 6.54 Å². The van der Waals surface area contributed by atoms with Gasteiger partial charge in [0.25, 0.3) is 0 Å². The number of hydrogen-bond acceptors (Lipinski definition) is 2. The molecule has 0 saturated carbocycles. The maximum atomic E-state index is 10.8. The average Bonchev–Trinajstić information content (AvgIpc) is 2.98. The van der Waals surface area contributed by atoms with Gasteiger partial charge in [0, 0.05) is 28.4 Å². The van der Waals surface area contributed by atoms with Crippen molar-refractivity contribution >= 4 is 21.8 Å². The normalized spacial score (nSPS) is 13.1. The summed E-state index contributed by atoms with van der Waals surface area (Å²) in [4.78, 5) is 2.44. The van der Waals surface area contributed by atoms with Gasteiger partial charge in [-0.25, -0.2) is 0 Å². The van der Waals surface area contributed by atoms with Gasteiger partial charge in [-0.2, -0.15) is 0 Å². The molecule has 1 aromatic heterocycles. The first-order valence-corrected chi connectivity index (χ1v) is 10.1. The number of para-hydroxylation sites is 2. The number of aliphatic hydroxyl groups is 1. The number of hydrogen-bond donors (Lipinski definition) is 1. The molecule has 0 saturated heterocycles. The number of fused-ring (bicyclic) bond motifs is 3. The standard InChI is InChI=1S/C23H32N2O/c1-3-5-15-24(16-6-4-2)17-19(26)18-25-22-13-9-7-11-20(22)21-12-8-10-14-23(21)25/h7-14,19,26H,3-6,15-18H2,1-2H3/t19-/m0/s1. The molecule has 26 heavy (non-hydrogen) atoms. The van der Waals surface area contributed by atoms with Crippen molar-refractivity contribution in [1.29, 1.82) is 0 Å². The van der Waals surface area contributed by atoms with Gasteiger partial charge >= 0.3 is 0 Å². The fourth-order valence-electron chi connectivity index (χ4n) is 3.82. The van der Waals surface area contributed by atoms with Crippen LogP contribution in [0, 0.1) is 0 Å². The Morgan fingerprint density at radius 1 is 0.846 bits per heavy atom. The van der Waals surface area contributed by atoms with Gasteiger partial charge in [0.1, 0.15) is 0 Å². The summed E-state index contributed by atoms with van der Waals surface area (Å²) in [7, 11) is 0. The van der Waals surface area contributed by atoms with Gasteiger partial charge in [0.05, 0.1) is 12.6 Å². The van der Waals surface area contributed by atoms with E-state index in [9.17, 15) is 5.11 Å². The van der Waals surface area contributed by atoms with Gasteiger partial charge in [-0.1, -0.05) is 63.1 Å². The molecule has 0 radical (unpaired) electrons. The zero-order chi connectivity index (χ0) is 18.4. The van der Waals surface area contributed by atoms with Crippen LogP contribution in [0.15, 0.2) is 48.5 Å². The third kappa shape index (κ3) is 4.28. The van der Waals surface area contributed by atoms with E-state index in [1.165, 1.54) is 47.5 Å². The molecular weight excluding hydrogens is 320 g/mol. The molecule has 0 aliphatic rings. The molecule has 140 valence electrons. The Kier molecular flexibility index (Phi) is 6.70. The summed E-state index contributed by atoms with van der Waals surface area (Å²) in [6.07, 6.45) is 4.44. The Hall–Kier alpha value is -1.84. The molecule has 3 heteroatoms. The van der Waals surface area contributed by atoms with Crippen LogP contribution in [0.5, 0.6) is 0 Å². The molecule has 2 aromatic carbocycles. The van der Waals surface area contributed by atoms with Crippen LogP contribution in [0.4, 0.5) is 0 Å². The summed E-state index contributed by atoms with van der Waals surface area (Å²) in [5.41, 5.74) is 2.42. The van der Waals surface area contributed by atoms with Crippen molar-refractivity contribution in [3.63, 3.8) is 0 Å². The van der Waals surface area contributed by atoms with Crippen molar-refractivity contribution in [2.24, 2.45) is 0 Å². The molecule has 0 fully saturated rings. The van der Waals surface area contributed by atoms with Gasteiger partial charge < -0.3 is 14.6 Å². The second-order valence-electron chi connectivity index (χ2n) is 7.31. The second kappa shape index (κ2) is 9.20. The zero-order valence-corrected chi connectivity index (χ0v) is 16.2. The predicted molar refractivity (Wildman–Crippen MR) is 112 cm³/mol. The first-order chi connectivity index (χ1) is 12.7. The Balaban J connectivity index is 1.80. The zero-order valence-electron chi connectivity index (χ0n) is 16.2. The maximum absolute atomic E-state index is 10.8. The van der Waals surface area contributed by atoms with Crippen molar-refractivity contribution in [1.82, 2.24) is 9.47 Å². The highest BCUT2D eigenvalue weighted by Crippen LogP contribution is 2.28. The summed E-state index contributed by atoms with van der Waals surface area (Å²) in [5, 5.41) is 13.4. The van der Waals surface area contributed by atoms with Gasteiger partial charge in [-0.3, -0.25) is 0 Å². The molecule has 3 rings (SSSR count). The topological polar surface area (TPSA) is 28.4 Å². The molecule has 0 unspecified atom stereocenters. The lowest BCUT2D eigenvalue weighted by Crippen LogP contribution is -2.36. The Morgan fingerprint density at radius 2 is 1.35 bits per heavy atom. The highest BCUT2D eigenvalue weighted by Gasteiger charge is 2.15. The van der Waals surface area contributed by atoms with Gasteiger partial charge in [0.15, 0.2) is 0 Å². The van der Waals surface area contributed by atoms with Gasteiger partial charge in [-0.15, -0.1) is 0 Å². The summed E-state index contributed by atoms with van der Waals surface area (Å²) >= 11 is 0. The molecule has 3 nitrogen and oxygen atoms in total. The third-order valence-electron chi connectivity index (χ3n) is 5.20. The number of benzene rings is 2. The van der Waals surface area contributed by atoms with E-state index in [1.54, 1.807) is 0 Å². The van der Waals surface area contributed by atoms with E-state index >= 15 is 0 Å². The first-order valence-electron chi connectivity index (χ1n) is 10.1. The van der Waals surface area contributed by atoms with Crippen LogP contribution >= 0.6 is 0 Å². The van der Waals surface area contributed by atoms with E-state index in [2.05, 4.69) is 71.8 Å². The van der Waals surface area contributed by atoms with E-state index in [-0.39, 0.29) is 6.10 Å². The molecule has 1 N–H and O–H groups in total. The summed E-state index contributed by atoms with van der Waals surface area (Å²) < 4.78 is 2.28. The van der Waals surface area contributed by atoms with Crippen molar-refractivity contribution in [2.75, 3.05) is 19.6 Å². The van der Waals surface area contributed by atoms with Crippen molar-refractivity contribution in [3.05, 3.63) is 48.5 Å². The van der Waals surface area contributed by atoms with Crippen LogP contribution in [-0.4, -0.2) is 40.3 Å². The molecule has 3 aromatic rings. The van der Waals surface area contributed by atoms with E-state index in [0.29, 0.717) is 6.54 Å². The first kappa shape index (κ1) is 18.9. The molecule has 0 aliphatic carbocycles. The molecule has 1 atom stereocenters. The average molecular weight is 353 g/mol. The van der Waals surface area contributed by atoms with E-state index in [1.807, 2.05) is 0 Å². The minimum atomic E-state index is -0.358. The lowest BCUT2D eigenvalue weighted by Gasteiger charge is -2.25. The Labute approximate surface area is 157 Å². The number of unbranched alkanes of at least 4 members (excludes halogenated alkanes) is 2. The fraction of sp³-hybridized carbons (Fsp3) is 0.478. The van der Waals surface area contributed by atoms with Gasteiger partial charge in [0.2, 0.25) is 0 Å². The Bertz CT molecular complexity index is 762. The van der Waals surface area contributed by atoms with Crippen LogP contribution in [0.1, 0.15) is 39.5 Å². The summed E-state index contributed by atoms with van der Waals surface area (Å²) in [6.45, 7) is 8.02. The van der Waals surface area contributed by atoms with Crippen molar-refractivity contribution in [2.45, 2.75) is 52.2 Å². The fourth-order valence-corrected chi connectivity index (χ4v) is 3.82. The highest BCUT2D eigenvalue weighted by molar-refractivity contribution is 6.07. The molecular formula is C23H32N2O. The summed E-state index contributed by atoms with van der Waals surface area (Å²) in [6, 6.07) is 17.0. The van der Waals surface area contributed by atoms with Crippen LogP contribution in [0.25, 0.3) is 21.8 Å². The molecule has 0 spiro atoms. The quantitative estimate of drug-likeness (QED) is 0.552. The number of aromatic nitrogens is 1. The minimum Gasteiger partial charge on any atom is -0.390 e. The van der Waals surface area contributed by atoms with Crippen LogP contribution < -0.4 is 0 Å². The van der Waals surface area contributed by atoms with E-state index < -0.39 is 0 Å². The Morgan fingerprint density at radius 3 is 1.85 bits per heavy atom. The molecule has 1 heterocycles. The summed E-state index contributed by atoms with van der Waals surface area (Å²) in [5.74, 6) is 0. The number of aliphatic hydroxyl groups excluding tert-OH is 1. The number of nitrogens with zero attached hydrogens (tertiary/aromatic N) is 2. The van der Waals surface area contributed by atoms with Crippen molar-refractivity contribution in [3.8, 4) is 0 Å². The lowest BCUT2D eigenvalue weighted by molar-refractivity contribution is 0.0982. The van der Waals surface area contributed by atoms with Gasteiger partial charge in [-0.05, 0) is 38.1 Å². The number of rotatable bonds is 10. The molecule has 0 bridgehead atoms. The predicted octanol–water partition coefficient (Wildman–Crippen LogP) is 5.06. The van der Waals surface area contributed by atoms with Crippen LogP contribution in [0.2, 0.25) is 0 Å². The monoisotopic (exact) mass is 352 g/mol. The smallest absolute Gasteiger partial charge is 0.0845 e. The molecule has 0 amide bonds. The SMILES string of the molecule is CCCCN(CCCC)C[C@H](O)Cn1c2ccccc2c2ccccc21. The lowest BCUT2D eigenvalue weighted by atomic mass is 10.2. The highest BCUT2D eigenvalue weighted by atomic mass is 16.3. The molecule has 0 aliphatic heterocycles. The second-order valence-corrected chi connectivity index (χ2v) is 7.31. The van der Waals surface area contributed by atoms with E-state index in [0.717, 1.165) is 19.6 Å². The van der Waals surface area contributed by atoms with Crippen LogP contribution in [0.3, 0.4) is 0 Å². The van der Waals surface area contributed by atoms with E-state index in [4.69, 9.17) is 0 Å². The third-order valence-corrected chi connectivity index (χ3v) is 5.20. The maximum Gasteiger partial charge on any atom is 0.0845 e.